The van der Waals surface area contributed by atoms with Gasteiger partial charge in [0.25, 0.3) is 5.56 Å². The van der Waals surface area contributed by atoms with E-state index in [0.717, 1.165) is 0 Å². The van der Waals surface area contributed by atoms with Gasteiger partial charge in [-0.05, 0) is 7.05 Å². The van der Waals surface area contributed by atoms with Gasteiger partial charge in [-0.15, -0.1) is 0 Å². The Morgan fingerprint density at radius 2 is 2.60 bits per heavy atom. The fourth-order valence-corrected chi connectivity index (χ4v) is 0.691. The van der Waals surface area contributed by atoms with Gasteiger partial charge in [0.15, 0.2) is 0 Å². The van der Waals surface area contributed by atoms with Crippen molar-refractivity contribution < 1.29 is 0 Å². The first kappa shape index (κ1) is 6.95. The molecule has 0 aliphatic carbocycles. The molecule has 0 spiro atoms. The van der Waals surface area contributed by atoms with E-state index in [4.69, 9.17) is 0 Å². The van der Waals surface area contributed by atoms with Gasteiger partial charge in [0.2, 0.25) is 0 Å². The maximum absolute atomic E-state index is 10.9. The van der Waals surface area contributed by atoms with E-state index in [1.54, 1.807) is 13.2 Å². The second kappa shape index (κ2) is 3.12. The van der Waals surface area contributed by atoms with E-state index in [1.807, 2.05) is 0 Å². The molecule has 0 aliphatic rings. The van der Waals surface area contributed by atoms with E-state index < -0.39 is 0 Å². The van der Waals surface area contributed by atoms with Gasteiger partial charge < -0.3 is 10.3 Å². The summed E-state index contributed by atoms with van der Waals surface area (Å²) in [6.45, 7) is 0.559. The Hall–Kier alpha value is -1.16. The number of hydrogen-bond donors (Lipinski definition) is 2. The van der Waals surface area contributed by atoms with Crippen molar-refractivity contribution in [2.24, 2.45) is 0 Å². The van der Waals surface area contributed by atoms with Crippen LogP contribution in [0, 0.1) is 0 Å². The van der Waals surface area contributed by atoms with Crippen molar-refractivity contribution >= 4 is 0 Å². The molecule has 0 fully saturated rings. The van der Waals surface area contributed by atoms with Crippen LogP contribution in [0.5, 0.6) is 0 Å². The Labute approximate surface area is 58.3 Å². The van der Waals surface area contributed by atoms with Gasteiger partial charge in [0.1, 0.15) is 0 Å². The summed E-state index contributed by atoms with van der Waals surface area (Å²) in [4.78, 5) is 17.1. The van der Waals surface area contributed by atoms with Crippen molar-refractivity contribution in [3.63, 3.8) is 0 Å². The zero-order chi connectivity index (χ0) is 7.40. The van der Waals surface area contributed by atoms with Crippen molar-refractivity contribution in [1.82, 2.24) is 15.3 Å². The van der Waals surface area contributed by atoms with Crippen LogP contribution < -0.4 is 10.9 Å². The van der Waals surface area contributed by atoms with E-state index >= 15 is 0 Å². The van der Waals surface area contributed by atoms with E-state index in [2.05, 4.69) is 15.3 Å². The first-order chi connectivity index (χ1) is 4.84. The van der Waals surface area contributed by atoms with E-state index in [1.165, 1.54) is 6.33 Å². The third-order valence-corrected chi connectivity index (χ3v) is 1.16. The zero-order valence-electron chi connectivity index (χ0n) is 5.72. The zero-order valence-corrected chi connectivity index (χ0v) is 5.72. The van der Waals surface area contributed by atoms with Crippen LogP contribution in [0.2, 0.25) is 0 Å². The van der Waals surface area contributed by atoms with Crippen LogP contribution in [-0.2, 0) is 6.54 Å². The number of aromatic amines is 1. The van der Waals surface area contributed by atoms with Crippen molar-refractivity contribution in [3.05, 3.63) is 28.4 Å². The molecule has 0 bridgehead atoms. The molecule has 4 heteroatoms. The van der Waals surface area contributed by atoms with Gasteiger partial charge in [-0.25, -0.2) is 4.98 Å². The number of rotatable bonds is 2. The van der Waals surface area contributed by atoms with Crippen molar-refractivity contribution in [2.45, 2.75) is 6.54 Å². The van der Waals surface area contributed by atoms with Gasteiger partial charge >= 0.3 is 0 Å². The molecule has 0 saturated carbocycles. The minimum absolute atomic E-state index is 0.0793. The highest BCUT2D eigenvalue weighted by atomic mass is 16.1. The third kappa shape index (κ3) is 1.41. The highest BCUT2D eigenvalue weighted by Crippen LogP contribution is 1.81. The molecule has 0 amide bonds. The highest BCUT2D eigenvalue weighted by Gasteiger charge is 1.93. The topological polar surface area (TPSA) is 57.8 Å². The van der Waals surface area contributed by atoms with E-state index in [9.17, 15) is 4.79 Å². The van der Waals surface area contributed by atoms with Crippen LogP contribution >= 0.6 is 0 Å². The van der Waals surface area contributed by atoms with E-state index in [0.29, 0.717) is 12.1 Å². The minimum Gasteiger partial charge on any atom is -0.315 e. The Bertz CT molecular complexity index is 255. The van der Waals surface area contributed by atoms with Crippen LogP contribution in [0.25, 0.3) is 0 Å². The Balaban J connectivity index is 2.92. The summed E-state index contributed by atoms with van der Waals surface area (Å²) in [5.74, 6) is 0. The second-order valence-corrected chi connectivity index (χ2v) is 1.94. The van der Waals surface area contributed by atoms with Crippen LogP contribution in [0.1, 0.15) is 5.56 Å². The average molecular weight is 139 g/mol. The number of H-pyrrole nitrogens is 1. The summed E-state index contributed by atoms with van der Waals surface area (Å²) in [6.07, 6.45) is 2.93. The SMILES string of the molecule is CNCc1cnc[nH]c1=O. The molecule has 0 atom stereocenters. The van der Waals surface area contributed by atoms with Gasteiger partial charge in [0, 0.05) is 18.3 Å². The molecule has 4 nitrogen and oxygen atoms in total. The molecule has 1 aromatic heterocycles. The molecule has 2 N–H and O–H groups in total. The lowest BCUT2D eigenvalue weighted by atomic mass is 10.3. The quantitative estimate of drug-likeness (QED) is 0.580. The first-order valence-electron chi connectivity index (χ1n) is 3.00. The predicted molar refractivity (Wildman–Crippen MR) is 37.6 cm³/mol. The molecule has 0 radical (unpaired) electrons. The Kier molecular flexibility index (Phi) is 2.17. The average Bonchev–Trinajstić information content (AvgIpc) is 1.94. The number of nitrogens with zero attached hydrogens (tertiary/aromatic N) is 1. The fourth-order valence-electron chi connectivity index (χ4n) is 0.691. The van der Waals surface area contributed by atoms with Crippen molar-refractivity contribution in [3.8, 4) is 0 Å². The third-order valence-electron chi connectivity index (χ3n) is 1.16. The summed E-state index contributed by atoms with van der Waals surface area (Å²) in [5.41, 5.74) is 0.578. The predicted octanol–water partition coefficient (Wildman–Crippen LogP) is -0.511. The van der Waals surface area contributed by atoms with E-state index in [-0.39, 0.29) is 5.56 Å². The highest BCUT2D eigenvalue weighted by molar-refractivity contribution is 5.01. The fraction of sp³-hybridized carbons (Fsp3) is 0.333. The molecule has 1 rings (SSSR count). The normalized spacial score (nSPS) is 9.70. The van der Waals surface area contributed by atoms with Gasteiger partial charge in [-0.3, -0.25) is 4.79 Å². The summed E-state index contributed by atoms with van der Waals surface area (Å²) >= 11 is 0. The standard InChI is InChI=1S/C6H9N3O/c1-7-2-5-3-8-4-9-6(5)10/h3-4,7H,2H2,1H3,(H,8,9,10). The second-order valence-electron chi connectivity index (χ2n) is 1.94. The maximum Gasteiger partial charge on any atom is 0.255 e. The molecule has 54 valence electrons. The summed E-state index contributed by atoms with van der Waals surface area (Å²) in [6, 6.07) is 0. The lowest BCUT2D eigenvalue weighted by Gasteiger charge is -1.94. The lowest BCUT2D eigenvalue weighted by molar-refractivity contribution is 0.797. The Morgan fingerprint density at radius 3 is 3.20 bits per heavy atom. The molecule has 0 aliphatic heterocycles. The molecule has 0 aromatic carbocycles. The molecule has 1 aromatic rings. The summed E-state index contributed by atoms with van der Waals surface area (Å²) in [7, 11) is 1.78. The number of nitrogens with one attached hydrogen (secondary N) is 2. The first-order valence-corrected chi connectivity index (χ1v) is 3.00. The van der Waals surface area contributed by atoms with Gasteiger partial charge in [-0.1, -0.05) is 0 Å². The molecular weight excluding hydrogens is 130 g/mol. The maximum atomic E-state index is 10.9. The van der Waals surface area contributed by atoms with Crippen LogP contribution in [0.4, 0.5) is 0 Å². The minimum atomic E-state index is -0.0793. The molecular formula is C6H9N3O. The number of aromatic nitrogens is 2. The molecule has 0 saturated heterocycles. The molecule has 0 unspecified atom stereocenters. The van der Waals surface area contributed by atoms with Crippen molar-refractivity contribution in [1.29, 1.82) is 0 Å². The lowest BCUT2D eigenvalue weighted by Crippen LogP contribution is -2.17. The largest absolute Gasteiger partial charge is 0.315 e. The number of hydrogen-bond acceptors (Lipinski definition) is 3. The smallest absolute Gasteiger partial charge is 0.255 e. The monoisotopic (exact) mass is 139 g/mol. The Morgan fingerprint density at radius 1 is 1.80 bits per heavy atom. The molecule has 10 heavy (non-hydrogen) atoms. The van der Waals surface area contributed by atoms with Gasteiger partial charge in [-0.2, -0.15) is 0 Å². The molecule has 1 heterocycles. The van der Waals surface area contributed by atoms with Crippen molar-refractivity contribution in [2.75, 3.05) is 7.05 Å². The van der Waals surface area contributed by atoms with Gasteiger partial charge in [0.05, 0.1) is 6.33 Å². The van der Waals surface area contributed by atoms with Crippen LogP contribution in [0.3, 0.4) is 0 Å². The van der Waals surface area contributed by atoms with Crippen LogP contribution in [0.15, 0.2) is 17.3 Å². The van der Waals surface area contributed by atoms with Crippen LogP contribution in [-0.4, -0.2) is 17.0 Å². The summed E-state index contributed by atoms with van der Waals surface area (Å²) in [5, 5.41) is 2.86. The summed E-state index contributed by atoms with van der Waals surface area (Å²) < 4.78 is 0.